The lowest BCUT2D eigenvalue weighted by Gasteiger charge is -2.26. The summed E-state index contributed by atoms with van der Waals surface area (Å²) < 4.78 is 0. The van der Waals surface area contributed by atoms with Gasteiger partial charge >= 0.3 is 0 Å². The maximum Gasteiger partial charge on any atom is 0.0579 e. The molecule has 3 fully saturated rings. The van der Waals surface area contributed by atoms with Gasteiger partial charge in [-0.2, -0.15) is 0 Å². The van der Waals surface area contributed by atoms with Crippen molar-refractivity contribution in [1.82, 2.24) is 0 Å². The van der Waals surface area contributed by atoms with E-state index in [1.54, 1.807) is 0 Å². The molecule has 1 nitrogen and oxygen atoms in total. The van der Waals surface area contributed by atoms with Crippen LogP contribution in [0.4, 0.5) is 0 Å². The van der Waals surface area contributed by atoms with Crippen LogP contribution in [0.2, 0.25) is 0 Å². The molecule has 0 aromatic heterocycles. The first-order valence-electron chi connectivity index (χ1n) is 5.22. The van der Waals surface area contributed by atoms with Crippen molar-refractivity contribution in [2.24, 2.45) is 35.5 Å². The zero-order valence-electron chi connectivity index (χ0n) is 7.06. The number of aliphatic hydroxyl groups is 1. The molecule has 3 saturated carbocycles. The molecular weight excluding hydrogens is 148 g/mol. The van der Waals surface area contributed by atoms with Gasteiger partial charge in [0, 0.05) is 0 Å². The second kappa shape index (κ2) is 1.65. The number of aliphatic hydroxyl groups excluding tert-OH is 1. The zero-order chi connectivity index (χ0) is 7.87. The molecule has 0 radical (unpaired) electrons. The van der Waals surface area contributed by atoms with Crippen molar-refractivity contribution in [2.45, 2.75) is 18.9 Å². The first kappa shape index (κ1) is 6.20. The third-order valence-corrected chi connectivity index (χ3v) is 5.03. The van der Waals surface area contributed by atoms with Gasteiger partial charge in [0.2, 0.25) is 0 Å². The monoisotopic (exact) mass is 162 g/mol. The Hall–Kier alpha value is -0.300. The van der Waals surface area contributed by atoms with Crippen LogP contribution in [0, 0.1) is 35.5 Å². The molecule has 0 aliphatic heterocycles. The Morgan fingerprint density at radius 1 is 0.917 bits per heavy atom. The van der Waals surface area contributed by atoms with Gasteiger partial charge in [-0.05, 0) is 48.3 Å². The highest BCUT2D eigenvalue weighted by atomic mass is 16.3. The first-order chi connectivity index (χ1) is 5.86. The molecule has 0 heterocycles. The van der Waals surface area contributed by atoms with E-state index < -0.39 is 0 Å². The van der Waals surface area contributed by atoms with Crippen molar-refractivity contribution in [3.8, 4) is 0 Å². The van der Waals surface area contributed by atoms with Gasteiger partial charge < -0.3 is 5.11 Å². The zero-order valence-corrected chi connectivity index (χ0v) is 7.06. The standard InChI is InChI=1S/C11H14O/c12-10-4-8-5-1-2-6-7(5)3-9(8)11(6)10/h1-2,5-12H,3-4H2/t5-,6-,7+,8+,9-,10?,11-/m1/s1. The first-order valence-corrected chi connectivity index (χ1v) is 5.22. The van der Waals surface area contributed by atoms with E-state index in [1.165, 1.54) is 6.42 Å². The molecule has 4 aliphatic carbocycles. The molecule has 4 aliphatic rings. The Kier molecular flexibility index (Phi) is 0.852. The molecule has 1 unspecified atom stereocenters. The highest BCUT2D eigenvalue weighted by molar-refractivity contribution is 5.24. The van der Waals surface area contributed by atoms with Crippen LogP contribution in [0.3, 0.4) is 0 Å². The minimum atomic E-state index is 0.0462. The van der Waals surface area contributed by atoms with E-state index in [0.29, 0.717) is 5.92 Å². The molecular formula is C11H14O. The van der Waals surface area contributed by atoms with E-state index in [-0.39, 0.29) is 6.10 Å². The van der Waals surface area contributed by atoms with E-state index in [9.17, 15) is 5.11 Å². The molecule has 4 rings (SSSR count). The number of hydrogen-bond donors (Lipinski definition) is 1. The largest absolute Gasteiger partial charge is 0.393 e. The summed E-state index contributed by atoms with van der Waals surface area (Å²) in [5, 5.41) is 9.88. The van der Waals surface area contributed by atoms with E-state index in [4.69, 9.17) is 0 Å². The molecule has 0 aromatic rings. The molecule has 0 saturated heterocycles. The molecule has 7 atom stereocenters. The average Bonchev–Trinajstić information content (AvgIpc) is 2.58. The lowest BCUT2D eigenvalue weighted by molar-refractivity contribution is 0.106. The van der Waals surface area contributed by atoms with Gasteiger partial charge in [0.25, 0.3) is 0 Å². The van der Waals surface area contributed by atoms with E-state index in [1.807, 2.05) is 0 Å². The fourth-order valence-corrected chi connectivity index (χ4v) is 4.80. The van der Waals surface area contributed by atoms with Crippen LogP contribution in [0.15, 0.2) is 12.2 Å². The Morgan fingerprint density at radius 3 is 2.67 bits per heavy atom. The predicted molar refractivity (Wildman–Crippen MR) is 45.3 cm³/mol. The minimum absolute atomic E-state index is 0.0462. The summed E-state index contributed by atoms with van der Waals surface area (Å²) in [6.45, 7) is 0. The molecule has 2 bridgehead atoms. The summed E-state index contributed by atoms with van der Waals surface area (Å²) in [4.78, 5) is 0. The molecule has 0 spiro atoms. The number of allylic oxidation sites excluding steroid dienone is 2. The Labute approximate surface area is 72.5 Å². The van der Waals surface area contributed by atoms with Gasteiger partial charge in [0.1, 0.15) is 0 Å². The van der Waals surface area contributed by atoms with Crippen LogP contribution in [-0.2, 0) is 0 Å². The fraction of sp³-hybridized carbons (Fsp3) is 0.818. The van der Waals surface area contributed by atoms with Crippen LogP contribution in [0.5, 0.6) is 0 Å². The molecule has 0 amide bonds. The molecule has 1 heteroatoms. The van der Waals surface area contributed by atoms with Gasteiger partial charge in [0.15, 0.2) is 0 Å². The Balaban J connectivity index is 1.92. The lowest BCUT2D eigenvalue weighted by atomic mass is 9.78. The normalized spacial score (nSPS) is 69.9. The molecule has 0 aromatic carbocycles. The van der Waals surface area contributed by atoms with E-state index in [2.05, 4.69) is 12.2 Å². The summed E-state index contributed by atoms with van der Waals surface area (Å²) in [5.74, 6) is 5.01. The van der Waals surface area contributed by atoms with E-state index >= 15 is 0 Å². The van der Waals surface area contributed by atoms with Crippen molar-refractivity contribution in [3.63, 3.8) is 0 Å². The number of hydrogen-bond acceptors (Lipinski definition) is 1. The Morgan fingerprint density at radius 2 is 1.75 bits per heavy atom. The number of fused-ring (bicyclic) bond motifs is 2. The summed E-state index contributed by atoms with van der Waals surface area (Å²) in [6.07, 6.45) is 7.44. The summed E-state index contributed by atoms with van der Waals surface area (Å²) in [6, 6.07) is 0. The van der Waals surface area contributed by atoms with Gasteiger partial charge in [0.05, 0.1) is 6.10 Å². The predicted octanol–water partition coefficient (Wildman–Crippen LogP) is 1.44. The van der Waals surface area contributed by atoms with Crippen LogP contribution in [0.1, 0.15) is 12.8 Å². The Bertz CT molecular complexity index is 270. The second-order valence-electron chi connectivity index (χ2n) is 5.15. The molecule has 1 N–H and O–H groups in total. The summed E-state index contributed by atoms with van der Waals surface area (Å²) in [5.41, 5.74) is 0. The average molecular weight is 162 g/mol. The SMILES string of the molecule is OC1C[C@H]2[C@@H]3C=C[C@@H]4[C@H]3C[C@H]2[C@H]14. The third kappa shape index (κ3) is 0.443. The maximum atomic E-state index is 9.88. The van der Waals surface area contributed by atoms with Gasteiger partial charge in [-0.1, -0.05) is 12.2 Å². The highest BCUT2D eigenvalue weighted by Gasteiger charge is 2.64. The molecule has 12 heavy (non-hydrogen) atoms. The summed E-state index contributed by atoms with van der Waals surface area (Å²) in [7, 11) is 0. The molecule has 64 valence electrons. The van der Waals surface area contributed by atoms with Crippen molar-refractivity contribution >= 4 is 0 Å². The summed E-state index contributed by atoms with van der Waals surface area (Å²) >= 11 is 0. The van der Waals surface area contributed by atoms with Gasteiger partial charge in [-0.15, -0.1) is 0 Å². The highest BCUT2D eigenvalue weighted by Crippen LogP contribution is 2.68. The van der Waals surface area contributed by atoms with Crippen LogP contribution in [-0.4, -0.2) is 11.2 Å². The smallest absolute Gasteiger partial charge is 0.0579 e. The van der Waals surface area contributed by atoms with Gasteiger partial charge in [-0.3, -0.25) is 0 Å². The van der Waals surface area contributed by atoms with Gasteiger partial charge in [-0.25, -0.2) is 0 Å². The van der Waals surface area contributed by atoms with Crippen molar-refractivity contribution in [1.29, 1.82) is 0 Å². The van der Waals surface area contributed by atoms with Crippen LogP contribution in [0.25, 0.3) is 0 Å². The minimum Gasteiger partial charge on any atom is -0.393 e. The topological polar surface area (TPSA) is 20.2 Å². The van der Waals surface area contributed by atoms with Crippen molar-refractivity contribution in [2.75, 3.05) is 0 Å². The lowest BCUT2D eigenvalue weighted by Crippen LogP contribution is -2.25. The fourth-order valence-electron chi connectivity index (χ4n) is 4.80. The van der Waals surface area contributed by atoms with Crippen molar-refractivity contribution < 1.29 is 5.11 Å². The van der Waals surface area contributed by atoms with Crippen molar-refractivity contribution in [3.05, 3.63) is 12.2 Å². The number of rotatable bonds is 0. The maximum absolute atomic E-state index is 9.88. The quantitative estimate of drug-likeness (QED) is 0.534. The second-order valence-corrected chi connectivity index (χ2v) is 5.15. The third-order valence-electron chi connectivity index (χ3n) is 5.03. The van der Waals surface area contributed by atoms with Crippen LogP contribution >= 0.6 is 0 Å². The van der Waals surface area contributed by atoms with Crippen LogP contribution < -0.4 is 0 Å². The van der Waals surface area contributed by atoms with E-state index in [0.717, 1.165) is 36.0 Å².